The number of benzene rings is 1. The predicted octanol–water partition coefficient (Wildman–Crippen LogP) is 2.67. The van der Waals surface area contributed by atoms with E-state index in [9.17, 15) is 8.42 Å². The van der Waals surface area contributed by atoms with Crippen LogP contribution in [0.2, 0.25) is 0 Å². The van der Waals surface area contributed by atoms with Crippen LogP contribution in [0.4, 0.5) is 0 Å². The largest absolute Gasteiger partial charge is 0.495 e. The molecule has 1 aromatic rings. The third-order valence-electron chi connectivity index (χ3n) is 2.11. The Morgan fingerprint density at radius 2 is 1.94 bits per heavy atom. The average Bonchev–Trinajstić information content (AvgIpc) is 2.25. The Kier molecular flexibility index (Phi) is 4.80. The molecule has 0 bridgehead atoms. The maximum absolute atomic E-state index is 12.3. The van der Waals surface area contributed by atoms with Crippen LogP contribution in [0.1, 0.15) is 26.3 Å². The molecule has 0 amide bonds. The van der Waals surface area contributed by atoms with Gasteiger partial charge in [0.15, 0.2) is 0 Å². The first-order valence-electron chi connectivity index (χ1n) is 5.46. The quantitative estimate of drug-likeness (QED) is 0.860. The SMILES string of the molecule is COc1ccc(CBr)cc1S(=O)(=O)NC(C)(C)C. The van der Waals surface area contributed by atoms with Gasteiger partial charge in [-0.2, -0.15) is 0 Å². The lowest BCUT2D eigenvalue weighted by atomic mass is 10.1. The molecule has 0 radical (unpaired) electrons. The van der Waals surface area contributed by atoms with Gasteiger partial charge >= 0.3 is 0 Å². The molecule has 1 aromatic carbocycles. The van der Waals surface area contributed by atoms with Crippen molar-refractivity contribution in [2.75, 3.05) is 7.11 Å². The zero-order valence-electron chi connectivity index (χ0n) is 11.0. The molecule has 0 aliphatic carbocycles. The first-order valence-corrected chi connectivity index (χ1v) is 8.07. The summed E-state index contributed by atoms with van der Waals surface area (Å²) in [5.41, 5.74) is 0.346. The highest BCUT2D eigenvalue weighted by atomic mass is 79.9. The van der Waals surface area contributed by atoms with Crippen LogP contribution < -0.4 is 9.46 Å². The lowest BCUT2D eigenvalue weighted by molar-refractivity contribution is 0.401. The molecule has 102 valence electrons. The Morgan fingerprint density at radius 3 is 2.39 bits per heavy atom. The minimum Gasteiger partial charge on any atom is -0.495 e. The van der Waals surface area contributed by atoms with Crippen LogP contribution in [0.5, 0.6) is 5.75 Å². The van der Waals surface area contributed by atoms with Gasteiger partial charge in [0.1, 0.15) is 10.6 Å². The number of halogens is 1. The number of hydrogen-bond donors (Lipinski definition) is 1. The van der Waals surface area contributed by atoms with Crippen LogP contribution in [-0.4, -0.2) is 21.1 Å². The molecule has 0 saturated heterocycles. The van der Waals surface area contributed by atoms with Crippen molar-refractivity contribution in [2.24, 2.45) is 0 Å². The molecule has 0 aromatic heterocycles. The summed E-state index contributed by atoms with van der Waals surface area (Å²) in [7, 11) is -2.13. The van der Waals surface area contributed by atoms with Crippen LogP contribution in [0.25, 0.3) is 0 Å². The summed E-state index contributed by atoms with van der Waals surface area (Å²) in [5, 5.41) is 0.592. The molecular weight excluding hydrogens is 318 g/mol. The Morgan fingerprint density at radius 1 is 1.33 bits per heavy atom. The number of hydrogen-bond acceptors (Lipinski definition) is 3. The van der Waals surface area contributed by atoms with E-state index in [0.717, 1.165) is 5.56 Å². The Labute approximate surface area is 117 Å². The van der Waals surface area contributed by atoms with Crippen LogP contribution in [0.15, 0.2) is 23.1 Å². The van der Waals surface area contributed by atoms with Gasteiger partial charge in [-0.3, -0.25) is 0 Å². The number of rotatable bonds is 4. The van der Waals surface area contributed by atoms with E-state index in [1.54, 1.807) is 32.9 Å². The molecule has 1 rings (SSSR count). The fourth-order valence-corrected chi connectivity index (χ4v) is 3.46. The van der Waals surface area contributed by atoms with Crippen molar-refractivity contribution in [1.29, 1.82) is 0 Å². The molecule has 0 spiro atoms. The van der Waals surface area contributed by atoms with Crippen molar-refractivity contribution < 1.29 is 13.2 Å². The van der Waals surface area contributed by atoms with Gasteiger partial charge in [-0.15, -0.1) is 0 Å². The molecule has 0 aliphatic rings. The Bertz CT molecular complexity index is 521. The second kappa shape index (κ2) is 5.59. The lowest BCUT2D eigenvalue weighted by Gasteiger charge is -2.21. The van der Waals surface area contributed by atoms with Gasteiger partial charge in [0.2, 0.25) is 10.0 Å². The second-order valence-corrected chi connectivity index (χ2v) is 7.19. The number of nitrogens with one attached hydrogen (secondary N) is 1. The van der Waals surface area contributed by atoms with Crippen LogP contribution in [0, 0.1) is 0 Å². The van der Waals surface area contributed by atoms with Gasteiger partial charge in [-0.05, 0) is 38.5 Å². The van der Waals surface area contributed by atoms with Gasteiger partial charge in [0.25, 0.3) is 0 Å². The predicted molar refractivity (Wildman–Crippen MR) is 75.7 cm³/mol. The van der Waals surface area contributed by atoms with Gasteiger partial charge in [0.05, 0.1) is 7.11 Å². The third-order valence-corrected chi connectivity index (χ3v) is 4.54. The Hall–Kier alpha value is -0.590. The molecular formula is C12H18BrNO3S. The van der Waals surface area contributed by atoms with Crippen LogP contribution >= 0.6 is 15.9 Å². The highest BCUT2D eigenvalue weighted by Crippen LogP contribution is 2.26. The minimum atomic E-state index is -3.59. The van der Waals surface area contributed by atoms with E-state index in [-0.39, 0.29) is 4.90 Å². The topological polar surface area (TPSA) is 55.4 Å². The first kappa shape index (κ1) is 15.5. The smallest absolute Gasteiger partial charge is 0.244 e. The van der Waals surface area contributed by atoms with E-state index in [1.165, 1.54) is 7.11 Å². The van der Waals surface area contributed by atoms with Crippen molar-refractivity contribution in [3.8, 4) is 5.75 Å². The number of sulfonamides is 1. The maximum atomic E-state index is 12.3. The number of methoxy groups -OCH3 is 1. The third kappa shape index (κ3) is 3.96. The summed E-state index contributed by atoms with van der Waals surface area (Å²) in [6.45, 7) is 5.39. The summed E-state index contributed by atoms with van der Waals surface area (Å²) in [6, 6.07) is 5.10. The van der Waals surface area contributed by atoms with E-state index in [2.05, 4.69) is 20.7 Å². The van der Waals surface area contributed by atoms with E-state index in [4.69, 9.17) is 4.74 Å². The second-order valence-electron chi connectivity index (χ2n) is 4.97. The molecule has 0 unspecified atom stereocenters. The van der Waals surface area contributed by atoms with Crippen molar-refractivity contribution >= 4 is 26.0 Å². The molecule has 1 N–H and O–H groups in total. The normalized spacial score (nSPS) is 12.5. The number of ether oxygens (including phenoxy) is 1. The number of alkyl halides is 1. The molecule has 0 heterocycles. The van der Waals surface area contributed by atoms with Crippen molar-refractivity contribution in [1.82, 2.24) is 4.72 Å². The summed E-state index contributed by atoms with van der Waals surface area (Å²) in [6.07, 6.45) is 0. The van der Waals surface area contributed by atoms with Crippen molar-refractivity contribution in [3.63, 3.8) is 0 Å². The van der Waals surface area contributed by atoms with E-state index < -0.39 is 15.6 Å². The molecule has 0 aliphatic heterocycles. The molecule has 18 heavy (non-hydrogen) atoms. The zero-order chi connectivity index (χ0) is 14.0. The van der Waals surface area contributed by atoms with Crippen molar-refractivity contribution in [3.05, 3.63) is 23.8 Å². The summed E-state index contributed by atoms with van der Waals surface area (Å²) < 4.78 is 32.3. The van der Waals surface area contributed by atoms with E-state index in [0.29, 0.717) is 11.1 Å². The minimum absolute atomic E-state index is 0.164. The monoisotopic (exact) mass is 335 g/mol. The highest BCUT2D eigenvalue weighted by molar-refractivity contribution is 9.08. The Balaban J connectivity index is 3.29. The summed E-state index contributed by atoms with van der Waals surface area (Å²) in [4.78, 5) is 0.164. The van der Waals surface area contributed by atoms with E-state index in [1.807, 2.05) is 6.07 Å². The standard InChI is InChI=1S/C12H18BrNO3S/c1-12(2,3)14-18(15,16)11-7-9(8-13)5-6-10(11)17-4/h5-7,14H,8H2,1-4H3. The summed E-state index contributed by atoms with van der Waals surface area (Å²) >= 11 is 3.31. The zero-order valence-corrected chi connectivity index (χ0v) is 13.4. The van der Waals surface area contributed by atoms with Gasteiger partial charge in [0, 0.05) is 10.9 Å². The molecule has 0 fully saturated rings. The lowest BCUT2D eigenvalue weighted by Crippen LogP contribution is -2.40. The first-order chi connectivity index (χ1) is 8.19. The molecule has 0 atom stereocenters. The van der Waals surface area contributed by atoms with E-state index >= 15 is 0 Å². The highest BCUT2D eigenvalue weighted by Gasteiger charge is 2.25. The average molecular weight is 336 g/mol. The van der Waals surface area contributed by atoms with Gasteiger partial charge in [-0.25, -0.2) is 13.1 Å². The van der Waals surface area contributed by atoms with Crippen LogP contribution in [0.3, 0.4) is 0 Å². The fraction of sp³-hybridized carbons (Fsp3) is 0.500. The maximum Gasteiger partial charge on any atom is 0.244 e. The summed E-state index contributed by atoms with van der Waals surface area (Å²) in [5.74, 6) is 0.344. The van der Waals surface area contributed by atoms with Gasteiger partial charge < -0.3 is 4.74 Å². The molecule has 0 saturated carbocycles. The molecule has 6 heteroatoms. The molecule has 4 nitrogen and oxygen atoms in total. The fourth-order valence-electron chi connectivity index (χ4n) is 1.47. The van der Waals surface area contributed by atoms with Crippen molar-refractivity contribution in [2.45, 2.75) is 36.5 Å². The van der Waals surface area contributed by atoms with Gasteiger partial charge in [-0.1, -0.05) is 22.0 Å². The van der Waals surface area contributed by atoms with Crippen LogP contribution in [-0.2, 0) is 15.4 Å².